The van der Waals surface area contributed by atoms with Crippen molar-refractivity contribution in [3.63, 3.8) is 0 Å². The Hall–Kier alpha value is -2.89. The molecule has 1 aliphatic heterocycles. The molecule has 0 radical (unpaired) electrons. The fourth-order valence-electron chi connectivity index (χ4n) is 2.74. The zero-order valence-electron chi connectivity index (χ0n) is 15.6. The van der Waals surface area contributed by atoms with Gasteiger partial charge in [-0.2, -0.15) is 0 Å². The van der Waals surface area contributed by atoms with Crippen molar-refractivity contribution >= 4 is 11.6 Å². The number of hydrogen-bond donors (Lipinski definition) is 2. The molecule has 0 aliphatic carbocycles. The average molecular weight is 354 g/mol. The second-order valence-electron chi connectivity index (χ2n) is 6.35. The van der Waals surface area contributed by atoms with Gasteiger partial charge in [0.1, 0.15) is 0 Å². The van der Waals surface area contributed by atoms with Crippen LogP contribution in [0.2, 0.25) is 0 Å². The zero-order valence-corrected chi connectivity index (χ0v) is 15.6. The molecule has 2 aromatic carbocycles. The van der Waals surface area contributed by atoms with Gasteiger partial charge in [-0.1, -0.05) is 18.2 Å². The van der Waals surface area contributed by atoms with Gasteiger partial charge < -0.3 is 25.0 Å². The number of anilines is 1. The van der Waals surface area contributed by atoms with E-state index in [1.807, 2.05) is 32.3 Å². The number of ether oxygens (including phenoxy) is 2. The van der Waals surface area contributed by atoms with Crippen molar-refractivity contribution in [1.29, 1.82) is 0 Å². The van der Waals surface area contributed by atoms with Crippen LogP contribution < -0.4 is 25.0 Å². The van der Waals surface area contributed by atoms with E-state index in [1.54, 1.807) is 7.05 Å². The average Bonchev–Trinajstić information content (AvgIpc) is 3.12. The number of hydrogen-bond acceptors (Lipinski definition) is 4. The Balaban J connectivity index is 1.44. The second-order valence-corrected chi connectivity index (χ2v) is 6.35. The van der Waals surface area contributed by atoms with E-state index in [9.17, 15) is 0 Å². The summed E-state index contributed by atoms with van der Waals surface area (Å²) < 4.78 is 10.7. The largest absolute Gasteiger partial charge is 0.454 e. The van der Waals surface area contributed by atoms with Gasteiger partial charge in [-0.25, -0.2) is 0 Å². The molecule has 0 unspecified atom stereocenters. The Morgan fingerprint density at radius 3 is 2.46 bits per heavy atom. The molecule has 0 amide bonds. The molecule has 3 rings (SSSR count). The SMILES string of the molecule is CN=C(NCCc1ccc(N(C)C)cc1)NCc1ccc2c(c1)OCO2. The molecule has 0 fully saturated rings. The zero-order chi connectivity index (χ0) is 18.4. The van der Waals surface area contributed by atoms with Gasteiger partial charge in [0.15, 0.2) is 17.5 Å². The number of guanidine groups is 1. The van der Waals surface area contributed by atoms with Crippen molar-refractivity contribution in [2.75, 3.05) is 39.4 Å². The number of rotatable bonds is 6. The summed E-state index contributed by atoms with van der Waals surface area (Å²) in [6.45, 7) is 1.79. The lowest BCUT2D eigenvalue weighted by Crippen LogP contribution is -2.37. The van der Waals surface area contributed by atoms with Gasteiger partial charge in [0.2, 0.25) is 6.79 Å². The first kappa shape index (κ1) is 17.9. The summed E-state index contributed by atoms with van der Waals surface area (Å²) in [7, 11) is 5.87. The molecular weight excluding hydrogens is 328 g/mol. The minimum Gasteiger partial charge on any atom is -0.454 e. The van der Waals surface area contributed by atoms with E-state index in [0.29, 0.717) is 13.3 Å². The predicted molar refractivity (Wildman–Crippen MR) is 105 cm³/mol. The van der Waals surface area contributed by atoms with Crippen LogP contribution in [0.1, 0.15) is 11.1 Å². The summed E-state index contributed by atoms with van der Waals surface area (Å²) in [5.74, 6) is 2.39. The van der Waals surface area contributed by atoms with Crippen LogP contribution in [0.3, 0.4) is 0 Å². The summed E-state index contributed by atoms with van der Waals surface area (Å²) in [5, 5.41) is 6.67. The van der Waals surface area contributed by atoms with Crippen molar-refractivity contribution in [3.8, 4) is 11.5 Å². The first-order valence-electron chi connectivity index (χ1n) is 8.75. The smallest absolute Gasteiger partial charge is 0.231 e. The third-order valence-electron chi connectivity index (χ3n) is 4.28. The first-order chi connectivity index (χ1) is 12.7. The van der Waals surface area contributed by atoms with Crippen LogP contribution in [0, 0.1) is 0 Å². The lowest BCUT2D eigenvalue weighted by molar-refractivity contribution is 0.174. The molecule has 6 heteroatoms. The van der Waals surface area contributed by atoms with E-state index >= 15 is 0 Å². The Morgan fingerprint density at radius 2 is 1.73 bits per heavy atom. The van der Waals surface area contributed by atoms with Crippen molar-refractivity contribution in [1.82, 2.24) is 10.6 Å². The fraction of sp³-hybridized carbons (Fsp3) is 0.350. The van der Waals surface area contributed by atoms with E-state index < -0.39 is 0 Å². The molecule has 2 N–H and O–H groups in total. The topological polar surface area (TPSA) is 58.1 Å². The number of nitrogens with zero attached hydrogens (tertiary/aromatic N) is 2. The standard InChI is InChI=1S/C20H26N4O2/c1-21-20(22-11-10-15-4-7-17(8-5-15)24(2)3)23-13-16-6-9-18-19(12-16)26-14-25-18/h4-9,12H,10-11,13-14H2,1-3H3,(H2,21,22,23). The molecule has 0 bridgehead atoms. The van der Waals surface area contributed by atoms with Crippen LogP contribution in [0.5, 0.6) is 11.5 Å². The van der Waals surface area contributed by atoms with Crippen LogP contribution >= 0.6 is 0 Å². The molecular formula is C20H26N4O2. The molecule has 0 atom stereocenters. The van der Waals surface area contributed by atoms with Crippen molar-refractivity contribution in [2.45, 2.75) is 13.0 Å². The van der Waals surface area contributed by atoms with Crippen LogP contribution in [0.4, 0.5) is 5.69 Å². The lowest BCUT2D eigenvalue weighted by Gasteiger charge is -2.14. The molecule has 2 aromatic rings. The molecule has 0 saturated heterocycles. The summed E-state index contributed by atoms with van der Waals surface area (Å²) in [4.78, 5) is 6.38. The van der Waals surface area contributed by atoms with Gasteiger partial charge >= 0.3 is 0 Å². The van der Waals surface area contributed by atoms with E-state index in [-0.39, 0.29) is 0 Å². The molecule has 1 heterocycles. The lowest BCUT2D eigenvalue weighted by atomic mass is 10.1. The highest BCUT2D eigenvalue weighted by Gasteiger charge is 2.13. The van der Waals surface area contributed by atoms with Gasteiger partial charge in [-0.15, -0.1) is 0 Å². The van der Waals surface area contributed by atoms with Crippen LogP contribution in [0.15, 0.2) is 47.5 Å². The number of nitrogens with one attached hydrogen (secondary N) is 2. The maximum Gasteiger partial charge on any atom is 0.231 e. The van der Waals surface area contributed by atoms with Gasteiger partial charge in [0.25, 0.3) is 0 Å². The summed E-state index contributed by atoms with van der Waals surface area (Å²) in [6, 6.07) is 14.6. The number of fused-ring (bicyclic) bond motifs is 1. The maximum absolute atomic E-state index is 5.41. The molecule has 26 heavy (non-hydrogen) atoms. The third-order valence-corrected chi connectivity index (χ3v) is 4.28. The number of benzene rings is 2. The molecule has 0 spiro atoms. The Kier molecular flexibility index (Phi) is 5.84. The predicted octanol–water partition coefficient (Wildman–Crippen LogP) is 2.39. The van der Waals surface area contributed by atoms with E-state index in [4.69, 9.17) is 9.47 Å². The van der Waals surface area contributed by atoms with Crippen LogP contribution in [-0.2, 0) is 13.0 Å². The van der Waals surface area contributed by atoms with Gasteiger partial charge in [0, 0.05) is 39.9 Å². The van der Waals surface area contributed by atoms with Gasteiger partial charge in [-0.05, 0) is 41.8 Å². The van der Waals surface area contributed by atoms with E-state index in [1.165, 1.54) is 11.3 Å². The highest BCUT2D eigenvalue weighted by Crippen LogP contribution is 2.32. The molecule has 0 aromatic heterocycles. The van der Waals surface area contributed by atoms with Gasteiger partial charge in [-0.3, -0.25) is 4.99 Å². The van der Waals surface area contributed by atoms with Crippen LogP contribution in [0.25, 0.3) is 0 Å². The van der Waals surface area contributed by atoms with Crippen molar-refractivity contribution in [3.05, 3.63) is 53.6 Å². The fourth-order valence-corrected chi connectivity index (χ4v) is 2.74. The molecule has 1 aliphatic rings. The minimum absolute atomic E-state index is 0.297. The molecule has 0 saturated carbocycles. The van der Waals surface area contributed by atoms with Crippen LogP contribution in [-0.4, -0.2) is 40.4 Å². The quantitative estimate of drug-likeness (QED) is 0.616. The normalized spacial score (nSPS) is 12.8. The monoisotopic (exact) mass is 354 g/mol. The number of aliphatic imine (C=N–C) groups is 1. The highest BCUT2D eigenvalue weighted by atomic mass is 16.7. The summed E-state index contributed by atoms with van der Waals surface area (Å²) in [6.07, 6.45) is 0.943. The van der Waals surface area contributed by atoms with Gasteiger partial charge in [0.05, 0.1) is 0 Å². The Labute approximate surface area is 154 Å². The van der Waals surface area contributed by atoms with Crippen molar-refractivity contribution in [2.24, 2.45) is 4.99 Å². The summed E-state index contributed by atoms with van der Waals surface area (Å²) in [5.41, 5.74) is 3.63. The highest BCUT2D eigenvalue weighted by molar-refractivity contribution is 5.79. The Morgan fingerprint density at radius 1 is 1.00 bits per heavy atom. The molecule has 6 nitrogen and oxygen atoms in total. The maximum atomic E-state index is 5.41. The molecule has 138 valence electrons. The minimum atomic E-state index is 0.297. The van der Waals surface area contributed by atoms with Crippen molar-refractivity contribution < 1.29 is 9.47 Å². The summed E-state index contributed by atoms with van der Waals surface area (Å²) >= 11 is 0. The second kappa shape index (κ2) is 8.47. The third kappa shape index (κ3) is 4.59. The van der Waals surface area contributed by atoms with E-state index in [0.717, 1.165) is 36.0 Å². The Bertz CT molecular complexity index is 757. The van der Waals surface area contributed by atoms with E-state index in [2.05, 4.69) is 44.8 Å². The first-order valence-corrected chi connectivity index (χ1v) is 8.75.